The van der Waals surface area contributed by atoms with E-state index in [1.807, 2.05) is 0 Å². The van der Waals surface area contributed by atoms with Crippen molar-refractivity contribution < 1.29 is 27.2 Å². The molecule has 0 spiro atoms. The minimum absolute atomic E-state index is 0.0200. The predicted octanol–water partition coefficient (Wildman–Crippen LogP) is 5.74. The van der Waals surface area contributed by atoms with Crippen LogP contribution in [0.15, 0.2) is 72.8 Å². The molecule has 0 bridgehead atoms. The molecular weight excluding hydrogens is 402 g/mol. The summed E-state index contributed by atoms with van der Waals surface area (Å²) in [6, 6.07) is 14.9. The van der Waals surface area contributed by atoms with E-state index >= 15 is 0 Å². The molecule has 0 fully saturated rings. The van der Waals surface area contributed by atoms with Crippen molar-refractivity contribution in [2.75, 3.05) is 16.0 Å². The number of alkyl halides is 3. The maximum absolute atomic E-state index is 13.6. The van der Waals surface area contributed by atoms with Gasteiger partial charge in [0.05, 0.1) is 11.3 Å². The van der Waals surface area contributed by atoms with Gasteiger partial charge in [-0.25, -0.2) is 9.18 Å². The largest absolute Gasteiger partial charge is 0.416 e. The van der Waals surface area contributed by atoms with Crippen LogP contribution in [0, 0.1) is 5.82 Å². The molecule has 3 aromatic rings. The highest BCUT2D eigenvalue weighted by Gasteiger charge is 2.30. The van der Waals surface area contributed by atoms with Crippen LogP contribution in [0.25, 0.3) is 0 Å². The summed E-state index contributed by atoms with van der Waals surface area (Å²) in [5, 5.41) is 7.18. The summed E-state index contributed by atoms with van der Waals surface area (Å²) in [4.78, 5) is 24.4. The fraction of sp³-hybridized carbons (Fsp3) is 0.0476. The zero-order valence-electron chi connectivity index (χ0n) is 15.3. The number of halogens is 4. The third-order valence-corrected chi connectivity index (χ3v) is 3.95. The molecule has 3 aromatic carbocycles. The number of rotatable bonds is 4. The number of carbonyl (C=O) groups excluding carboxylic acids is 2. The van der Waals surface area contributed by atoms with Gasteiger partial charge in [0, 0.05) is 16.9 Å². The number of para-hydroxylation sites is 1. The zero-order chi connectivity index (χ0) is 21.7. The van der Waals surface area contributed by atoms with Crippen LogP contribution < -0.4 is 16.0 Å². The van der Waals surface area contributed by atoms with E-state index in [1.165, 1.54) is 54.6 Å². The number of hydrogen-bond acceptors (Lipinski definition) is 2. The maximum atomic E-state index is 13.6. The topological polar surface area (TPSA) is 70.2 Å². The fourth-order valence-corrected chi connectivity index (χ4v) is 2.56. The van der Waals surface area contributed by atoms with Crippen LogP contribution in [0.4, 0.5) is 39.4 Å². The molecule has 0 heterocycles. The van der Waals surface area contributed by atoms with Crippen LogP contribution in [-0.4, -0.2) is 11.9 Å². The van der Waals surface area contributed by atoms with Crippen molar-refractivity contribution in [3.05, 3.63) is 89.7 Å². The van der Waals surface area contributed by atoms with Crippen molar-refractivity contribution in [1.82, 2.24) is 0 Å². The molecule has 0 aliphatic heterocycles. The van der Waals surface area contributed by atoms with Gasteiger partial charge in [-0.05, 0) is 48.5 Å². The second kappa shape index (κ2) is 8.64. The van der Waals surface area contributed by atoms with Crippen LogP contribution >= 0.6 is 0 Å². The number of nitrogens with one attached hydrogen (secondary N) is 3. The molecule has 0 unspecified atom stereocenters. The molecular formula is C21H15F4N3O2. The Morgan fingerprint density at radius 1 is 0.733 bits per heavy atom. The Morgan fingerprint density at radius 3 is 2.10 bits per heavy atom. The van der Waals surface area contributed by atoms with E-state index < -0.39 is 29.5 Å². The SMILES string of the molecule is O=C(Nc1cccc(C(=O)Nc2cccc(C(F)(F)F)c2)c1)Nc1ccccc1F. The quantitative estimate of drug-likeness (QED) is 0.474. The van der Waals surface area contributed by atoms with Crippen molar-refractivity contribution in [2.45, 2.75) is 6.18 Å². The number of benzene rings is 3. The lowest BCUT2D eigenvalue weighted by molar-refractivity contribution is -0.137. The standard InChI is InChI=1S/C21H15F4N3O2/c22-17-9-1-2-10-18(17)28-20(30)27-15-7-3-5-13(11-15)19(29)26-16-8-4-6-14(12-16)21(23,24)25/h1-12H,(H,26,29)(H2,27,28,30). The Balaban J connectivity index is 1.68. The smallest absolute Gasteiger partial charge is 0.322 e. The van der Waals surface area contributed by atoms with Crippen LogP contribution in [0.2, 0.25) is 0 Å². The highest BCUT2D eigenvalue weighted by Crippen LogP contribution is 2.30. The number of urea groups is 1. The molecule has 0 radical (unpaired) electrons. The highest BCUT2D eigenvalue weighted by molar-refractivity contribution is 6.06. The first kappa shape index (κ1) is 20.8. The second-order valence-corrected chi connectivity index (χ2v) is 6.17. The van der Waals surface area contributed by atoms with Crippen LogP contribution in [-0.2, 0) is 6.18 Å². The fourth-order valence-electron chi connectivity index (χ4n) is 2.56. The third kappa shape index (κ3) is 5.34. The average Bonchev–Trinajstić information content (AvgIpc) is 2.69. The van der Waals surface area contributed by atoms with Crippen molar-refractivity contribution in [1.29, 1.82) is 0 Å². The molecule has 0 aromatic heterocycles. The van der Waals surface area contributed by atoms with Crippen LogP contribution in [0.3, 0.4) is 0 Å². The summed E-state index contributed by atoms with van der Waals surface area (Å²) in [6.45, 7) is 0. The Hall–Kier alpha value is -3.88. The van der Waals surface area contributed by atoms with E-state index in [-0.39, 0.29) is 22.6 Å². The summed E-state index contributed by atoms with van der Waals surface area (Å²) < 4.78 is 52.0. The van der Waals surface area contributed by atoms with Gasteiger partial charge in [-0.15, -0.1) is 0 Å². The summed E-state index contributed by atoms with van der Waals surface area (Å²) in [6.07, 6.45) is -4.53. The van der Waals surface area contributed by atoms with Gasteiger partial charge >= 0.3 is 12.2 Å². The molecule has 0 atom stereocenters. The monoisotopic (exact) mass is 417 g/mol. The lowest BCUT2D eigenvalue weighted by Gasteiger charge is -2.11. The number of anilines is 3. The molecule has 0 saturated heterocycles. The van der Waals surface area contributed by atoms with E-state index in [0.29, 0.717) is 0 Å². The van der Waals surface area contributed by atoms with Gasteiger partial charge in [0.25, 0.3) is 5.91 Å². The first-order valence-corrected chi connectivity index (χ1v) is 8.63. The second-order valence-electron chi connectivity index (χ2n) is 6.17. The number of carbonyl (C=O) groups is 2. The van der Waals surface area contributed by atoms with E-state index in [4.69, 9.17) is 0 Å². The minimum atomic E-state index is -4.53. The molecule has 154 valence electrons. The third-order valence-electron chi connectivity index (χ3n) is 3.95. The summed E-state index contributed by atoms with van der Waals surface area (Å²) in [7, 11) is 0. The lowest BCUT2D eigenvalue weighted by atomic mass is 10.1. The van der Waals surface area contributed by atoms with Gasteiger partial charge < -0.3 is 16.0 Å². The maximum Gasteiger partial charge on any atom is 0.416 e. The molecule has 0 saturated carbocycles. The first-order chi connectivity index (χ1) is 14.2. The van der Waals surface area contributed by atoms with Crippen molar-refractivity contribution in [3.63, 3.8) is 0 Å². The molecule has 3 rings (SSSR count). The Bertz CT molecular complexity index is 1080. The molecule has 30 heavy (non-hydrogen) atoms. The molecule has 3 N–H and O–H groups in total. The van der Waals surface area contributed by atoms with E-state index in [9.17, 15) is 27.2 Å². The van der Waals surface area contributed by atoms with Crippen LogP contribution in [0.5, 0.6) is 0 Å². The Morgan fingerprint density at radius 2 is 1.40 bits per heavy atom. The summed E-state index contributed by atoms with van der Waals surface area (Å²) in [5.74, 6) is -1.27. The normalized spacial score (nSPS) is 10.9. The molecule has 0 aliphatic rings. The van der Waals surface area contributed by atoms with Crippen LogP contribution in [0.1, 0.15) is 15.9 Å². The predicted molar refractivity (Wildman–Crippen MR) is 105 cm³/mol. The minimum Gasteiger partial charge on any atom is -0.322 e. The van der Waals surface area contributed by atoms with Gasteiger partial charge in [-0.3, -0.25) is 4.79 Å². The summed E-state index contributed by atoms with van der Waals surface area (Å²) >= 11 is 0. The first-order valence-electron chi connectivity index (χ1n) is 8.63. The molecule has 3 amide bonds. The molecule has 9 heteroatoms. The van der Waals surface area contributed by atoms with Crippen molar-refractivity contribution >= 4 is 29.0 Å². The number of hydrogen-bond donors (Lipinski definition) is 3. The molecule has 0 aliphatic carbocycles. The van der Waals surface area contributed by atoms with Crippen molar-refractivity contribution in [2.24, 2.45) is 0 Å². The van der Waals surface area contributed by atoms with Crippen molar-refractivity contribution in [3.8, 4) is 0 Å². The lowest BCUT2D eigenvalue weighted by Crippen LogP contribution is -2.20. The van der Waals surface area contributed by atoms with Gasteiger partial charge in [0.2, 0.25) is 0 Å². The van der Waals surface area contributed by atoms with Gasteiger partial charge in [-0.2, -0.15) is 13.2 Å². The van der Waals surface area contributed by atoms with Gasteiger partial charge in [0.15, 0.2) is 0 Å². The number of amides is 3. The molecule has 5 nitrogen and oxygen atoms in total. The average molecular weight is 417 g/mol. The van der Waals surface area contributed by atoms with Gasteiger partial charge in [0.1, 0.15) is 5.82 Å². The van der Waals surface area contributed by atoms with E-state index in [2.05, 4.69) is 16.0 Å². The summed E-state index contributed by atoms with van der Waals surface area (Å²) in [5.41, 5.74) is -0.587. The Kier molecular flexibility index (Phi) is 6.01. The highest BCUT2D eigenvalue weighted by atomic mass is 19.4. The zero-order valence-corrected chi connectivity index (χ0v) is 15.3. The van der Waals surface area contributed by atoms with E-state index in [0.717, 1.165) is 12.1 Å². The Labute approximate surface area is 168 Å². The van der Waals surface area contributed by atoms with E-state index in [1.54, 1.807) is 6.07 Å². The van der Waals surface area contributed by atoms with Gasteiger partial charge in [-0.1, -0.05) is 24.3 Å².